The Bertz CT molecular complexity index is 843. The molecule has 2 saturated heterocycles. The van der Waals surface area contributed by atoms with Crippen LogP contribution in [0.2, 0.25) is 0 Å². The van der Waals surface area contributed by atoms with Crippen LogP contribution in [0, 0.1) is 5.92 Å². The lowest BCUT2D eigenvalue weighted by atomic mass is 9.76. The number of aliphatic hydroxyl groups is 4. The molecule has 3 aliphatic rings. The number of hydrogen-bond donors (Lipinski definition) is 4. The average Bonchev–Trinajstić information content (AvgIpc) is 3.13. The molecule has 1 aliphatic carbocycles. The highest BCUT2D eigenvalue weighted by Gasteiger charge is 2.62. The predicted molar refractivity (Wildman–Crippen MR) is 103 cm³/mol. The number of ketones is 1. The minimum atomic E-state index is -1.68. The van der Waals surface area contributed by atoms with Crippen LogP contribution in [0.3, 0.4) is 0 Å². The Morgan fingerprint density at radius 3 is 2.59 bits per heavy atom. The number of hydrogen-bond acceptors (Lipinski definition) is 7. The molecule has 29 heavy (non-hydrogen) atoms. The molecule has 7 heteroatoms. The first-order valence-corrected chi connectivity index (χ1v) is 9.90. The second-order valence-corrected chi connectivity index (χ2v) is 7.84. The molecule has 1 spiro atoms. The molecule has 0 radical (unpaired) electrons. The van der Waals surface area contributed by atoms with Gasteiger partial charge in [0, 0.05) is 5.92 Å². The molecule has 2 aliphatic heterocycles. The summed E-state index contributed by atoms with van der Waals surface area (Å²) in [5.41, 5.74) is 3.47. The molecule has 4 N–H and O–H groups in total. The Kier molecular flexibility index (Phi) is 5.46. The fourth-order valence-corrected chi connectivity index (χ4v) is 4.40. The molecule has 2 heterocycles. The molecule has 7 nitrogen and oxygen atoms in total. The summed E-state index contributed by atoms with van der Waals surface area (Å²) >= 11 is 0. The van der Waals surface area contributed by atoms with Crippen LogP contribution in [-0.4, -0.2) is 63.5 Å². The van der Waals surface area contributed by atoms with Gasteiger partial charge in [0.2, 0.25) is 5.79 Å². The molecule has 0 amide bonds. The summed E-state index contributed by atoms with van der Waals surface area (Å²) in [6.07, 6.45) is -0.424. The van der Waals surface area contributed by atoms with Crippen molar-refractivity contribution in [1.82, 2.24) is 0 Å². The van der Waals surface area contributed by atoms with Crippen molar-refractivity contribution in [2.75, 3.05) is 13.2 Å². The highest BCUT2D eigenvalue weighted by molar-refractivity contribution is 5.89. The monoisotopic (exact) mass is 402 g/mol. The van der Waals surface area contributed by atoms with Crippen molar-refractivity contribution in [2.24, 2.45) is 5.92 Å². The van der Waals surface area contributed by atoms with E-state index in [-0.39, 0.29) is 6.61 Å². The second kappa shape index (κ2) is 7.75. The number of benzene rings is 1. The van der Waals surface area contributed by atoms with E-state index in [1.165, 1.54) is 5.56 Å². The first-order chi connectivity index (χ1) is 13.9. The van der Waals surface area contributed by atoms with E-state index in [1.807, 2.05) is 36.4 Å². The minimum absolute atomic E-state index is 0.161. The molecule has 156 valence electrons. The van der Waals surface area contributed by atoms with Crippen molar-refractivity contribution < 1.29 is 34.7 Å². The molecule has 0 saturated carbocycles. The SMILES string of the molecule is CCc1ccc(C(O)C2=CC=C3CO[C@]4(O[C@H](CO)[C@@H](O)C(=O)[C@H]4O)C3C2)cc1. The lowest BCUT2D eigenvalue weighted by molar-refractivity contribution is -0.320. The van der Waals surface area contributed by atoms with Crippen LogP contribution < -0.4 is 0 Å². The maximum Gasteiger partial charge on any atom is 0.209 e. The van der Waals surface area contributed by atoms with Crippen molar-refractivity contribution >= 4 is 5.78 Å². The standard InChI is InChI=1S/C22H26O7/c1-2-12-3-5-13(6-4-12)18(24)14-7-8-15-11-28-22(16(15)9-14)21(27)20(26)19(25)17(10-23)29-22/h3-8,16-19,21,23-25,27H,2,9-11H2,1H3/t16?,17-,18?,19-,21-,22+/m1/s1. The van der Waals surface area contributed by atoms with Crippen LogP contribution in [0.5, 0.6) is 0 Å². The number of aliphatic hydroxyl groups excluding tert-OH is 4. The van der Waals surface area contributed by atoms with Gasteiger partial charge < -0.3 is 29.9 Å². The topological polar surface area (TPSA) is 116 Å². The molecule has 2 fully saturated rings. The van der Waals surface area contributed by atoms with Gasteiger partial charge in [0.25, 0.3) is 0 Å². The first kappa shape index (κ1) is 20.4. The smallest absolute Gasteiger partial charge is 0.209 e. The Morgan fingerprint density at radius 2 is 1.93 bits per heavy atom. The van der Waals surface area contributed by atoms with Gasteiger partial charge in [-0.1, -0.05) is 43.3 Å². The van der Waals surface area contributed by atoms with Gasteiger partial charge in [-0.3, -0.25) is 4.79 Å². The number of Topliss-reactive ketones (excluding diaryl/α,β-unsaturated/α-hetero) is 1. The van der Waals surface area contributed by atoms with Crippen LogP contribution in [-0.2, 0) is 20.7 Å². The zero-order chi connectivity index (χ0) is 20.8. The number of allylic oxidation sites excluding steroid dienone is 2. The van der Waals surface area contributed by atoms with E-state index in [0.717, 1.165) is 17.6 Å². The molecule has 6 atom stereocenters. The number of aryl methyl sites for hydroxylation is 1. The predicted octanol–water partition coefficient (Wildman–Crippen LogP) is 0.564. The van der Waals surface area contributed by atoms with Gasteiger partial charge in [-0.2, -0.15) is 0 Å². The molecule has 0 bridgehead atoms. The number of ether oxygens (including phenoxy) is 2. The first-order valence-electron chi connectivity index (χ1n) is 9.90. The minimum Gasteiger partial charge on any atom is -0.394 e. The van der Waals surface area contributed by atoms with Gasteiger partial charge in [0.1, 0.15) is 18.3 Å². The van der Waals surface area contributed by atoms with Gasteiger partial charge in [0.15, 0.2) is 11.9 Å². The fraction of sp³-hybridized carbons (Fsp3) is 0.500. The van der Waals surface area contributed by atoms with Gasteiger partial charge in [-0.15, -0.1) is 0 Å². The van der Waals surface area contributed by atoms with Crippen LogP contribution in [0.15, 0.2) is 47.6 Å². The zero-order valence-corrected chi connectivity index (χ0v) is 16.2. The average molecular weight is 402 g/mol. The third kappa shape index (κ3) is 3.28. The van der Waals surface area contributed by atoms with Gasteiger partial charge >= 0.3 is 0 Å². The van der Waals surface area contributed by atoms with E-state index in [4.69, 9.17) is 9.47 Å². The van der Waals surface area contributed by atoms with Crippen molar-refractivity contribution in [3.8, 4) is 0 Å². The molecule has 1 aromatic rings. The molecular weight excluding hydrogens is 376 g/mol. The van der Waals surface area contributed by atoms with Crippen molar-refractivity contribution in [2.45, 2.75) is 50.0 Å². The van der Waals surface area contributed by atoms with Crippen LogP contribution in [0.25, 0.3) is 0 Å². The van der Waals surface area contributed by atoms with Crippen LogP contribution in [0.1, 0.15) is 30.6 Å². The van der Waals surface area contributed by atoms with E-state index in [0.29, 0.717) is 12.0 Å². The summed E-state index contributed by atoms with van der Waals surface area (Å²) in [5, 5.41) is 40.9. The second-order valence-electron chi connectivity index (χ2n) is 7.84. The largest absolute Gasteiger partial charge is 0.394 e. The Morgan fingerprint density at radius 1 is 1.21 bits per heavy atom. The number of carbonyl (C=O) groups is 1. The van der Waals surface area contributed by atoms with E-state index < -0.39 is 48.5 Å². The number of carbonyl (C=O) groups excluding carboxylic acids is 1. The maximum atomic E-state index is 12.4. The summed E-state index contributed by atoms with van der Waals surface area (Å²) in [7, 11) is 0. The van der Waals surface area contributed by atoms with E-state index in [1.54, 1.807) is 0 Å². The summed E-state index contributed by atoms with van der Waals surface area (Å²) in [5.74, 6) is -3.02. The van der Waals surface area contributed by atoms with Gasteiger partial charge in [-0.05, 0) is 35.1 Å². The van der Waals surface area contributed by atoms with Crippen LogP contribution in [0.4, 0.5) is 0 Å². The lowest BCUT2D eigenvalue weighted by Crippen LogP contribution is -2.65. The van der Waals surface area contributed by atoms with E-state index in [9.17, 15) is 25.2 Å². The van der Waals surface area contributed by atoms with Gasteiger partial charge in [-0.25, -0.2) is 0 Å². The lowest BCUT2D eigenvalue weighted by Gasteiger charge is -2.45. The quantitative estimate of drug-likeness (QED) is 0.582. The summed E-state index contributed by atoms with van der Waals surface area (Å²) in [4.78, 5) is 12.4. The molecular formula is C22H26O7. The Balaban J connectivity index is 1.60. The summed E-state index contributed by atoms with van der Waals surface area (Å²) in [6.45, 7) is 1.65. The Labute approximate surface area is 168 Å². The van der Waals surface area contributed by atoms with E-state index in [2.05, 4.69) is 6.92 Å². The number of fused-ring (bicyclic) bond motifs is 2. The molecule has 1 aromatic carbocycles. The Hall–Kier alpha value is -1.87. The molecule has 0 aromatic heterocycles. The molecule has 2 unspecified atom stereocenters. The maximum absolute atomic E-state index is 12.4. The van der Waals surface area contributed by atoms with Crippen LogP contribution >= 0.6 is 0 Å². The number of rotatable bonds is 4. The third-order valence-electron chi connectivity index (χ3n) is 6.21. The van der Waals surface area contributed by atoms with Crippen molar-refractivity contribution in [3.63, 3.8) is 0 Å². The highest BCUT2D eigenvalue weighted by atomic mass is 16.7. The fourth-order valence-electron chi connectivity index (χ4n) is 4.40. The van der Waals surface area contributed by atoms with Crippen molar-refractivity contribution in [3.05, 3.63) is 58.7 Å². The zero-order valence-electron chi connectivity index (χ0n) is 16.2. The van der Waals surface area contributed by atoms with E-state index >= 15 is 0 Å². The third-order valence-corrected chi connectivity index (χ3v) is 6.21. The van der Waals surface area contributed by atoms with Crippen molar-refractivity contribution in [1.29, 1.82) is 0 Å². The van der Waals surface area contributed by atoms with Gasteiger partial charge in [0.05, 0.1) is 13.2 Å². The summed E-state index contributed by atoms with van der Waals surface area (Å²) < 4.78 is 11.5. The highest BCUT2D eigenvalue weighted by Crippen LogP contribution is 2.49. The normalized spacial score (nSPS) is 35.3. The summed E-state index contributed by atoms with van der Waals surface area (Å²) in [6, 6.07) is 7.73. The molecule has 4 rings (SSSR count).